The Bertz CT molecular complexity index is 842. The lowest BCUT2D eigenvalue weighted by molar-refractivity contribution is -0.117. The molecule has 0 bridgehead atoms. The predicted molar refractivity (Wildman–Crippen MR) is 91.9 cm³/mol. The van der Waals surface area contributed by atoms with E-state index in [2.05, 4.69) is 5.10 Å². The molecule has 1 aliphatic heterocycles. The lowest BCUT2D eigenvalue weighted by atomic mass is 10.2. The Morgan fingerprint density at radius 2 is 1.83 bits per heavy atom. The fourth-order valence-corrected chi connectivity index (χ4v) is 3.63. The van der Waals surface area contributed by atoms with Gasteiger partial charge >= 0.3 is 0 Å². The molecule has 0 atom stereocenters. The maximum atomic E-state index is 12.4. The van der Waals surface area contributed by atoms with Gasteiger partial charge in [0.25, 0.3) is 0 Å². The van der Waals surface area contributed by atoms with Crippen LogP contribution in [0.15, 0.2) is 41.6 Å². The molecule has 128 valence electrons. The van der Waals surface area contributed by atoms with Gasteiger partial charge < -0.3 is 9.80 Å². The van der Waals surface area contributed by atoms with Crippen LogP contribution in [0.4, 0.5) is 11.4 Å². The highest BCUT2D eigenvalue weighted by Gasteiger charge is 2.26. The number of sulfone groups is 1. The van der Waals surface area contributed by atoms with E-state index in [1.807, 2.05) is 18.1 Å². The summed E-state index contributed by atoms with van der Waals surface area (Å²) in [5, 5.41) is 4.10. The van der Waals surface area contributed by atoms with E-state index in [1.54, 1.807) is 47.0 Å². The number of piperazine rings is 1. The third-order valence-electron chi connectivity index (χ3n) is 4.16. The molecule has 0 aliphatic carbocycles. The van der Waals surface area contributed by atoms with E-state index in [4.69, 9.17) is 0 Å². The van der Waals surface area contributed by atoms with Gasteiger partial charge in [0.1, 0.15) is 0 Å². The predicted octanol–water partition coefficient (Wildman–Crippen LogP) is 1.07. The summed E-state index contributed by atoms with van der Waals surface area (Å²) in [5.41, 5.74) is 1.65. The number of carbonyl (C=O) groups is 1. The molecule has 8 heteroatoms. The Morgan fingerprint density at radius 1 is 1.12 bits per heavy atom. The highest BCUT2D eigenvalue weighted by Crippen LogP contribution is 2.22. The molecule has 3 rings (SSSR count). The van der Waals surface area contributed by atoms with Crippen LogP contribution in [0.3, 0.4) is 0 Å². The van der Waals surface area contributed by atoms with Crippen molar-refractivity contribution in [2.75, 3.05) is 35.2 Å². The molecule has 1 amide bonds. The highest BCUT2D eigenvalue weighted by atomic mass is 32.2. The molecular weight excluding hydrogens is 328 g/mol. The van der Waals surface area contributed by atoms with Crippen molar-refractivity contribution < 1.29 is 13.2 Å². The number of benzene rings is 1. The zero-order valence-electron chi connectivity index (χ0n) is 13.7. The Balaban J connectivity index is 1.73. The Labute approximate surface area is 141 Å². The summed E-state index contributed by atoms with van der Waals surface area (Å²) in [6.45, 7) is 3.13. The minimum Gasteiger partial charge on any atom is -0.360 e. The van der Waals surface area contributed by atoms with E-state index >= 15 is 0 Å². The zero-order chi connectivity index (χ0) is 17.3. The number of aryl methyl sites for hydroxylation is 1. The van der Waals surface area contributed by atoms with Crippen LogP contribution in [0, 0.1) is 0 Å². The van der Waals surface area contributed by atoms with E-state index in [-0.39, 0.29) is 18.2 Å². The molecule has 24 heavy (non-hydrogen) atoms. The topological polar surface area (TPSA) is 75.5 Å². The summed E-state index contributed by atoms with van der Waals surface area (Å²) < 4.78 is 25.4. The maximum absolute atomic E-state index is 12.4. The third kappa shape index (κ3) is 3.14. The second kappa shape index (κ2) is 6.27. The maximum Gasteiger partial charge on any atom is 0.246 e. The average Bonchev–Trinajstić information content (AvgIpc) is 3.01. The minimum atomic E-state index is -3.20. The van der Waals surface area contributed by atoms with Gasteiger partial charge in [-0.2, -0.15) is 5.10 Å². The lowest BCUT2D eigenvalue weighted by Gasteiger charge is -2.35. The zero-order valence-corrected chi connectivity index (χ0v) is 14.5. The fraction of sp³-hybridized carbons (Fsp3) is 0.375. The number of anilines is 2. The first kappa shape index (κ1) is 16.5. The Hall–Kier alpha value is -2.35. The van der Waals surface area contributed by atoms with Crippen molar-refractivity contribution in [2.24, 2.45) is 7.05 Å². The second-order valence-electron chi connectivity index (χ2n) is 5.74. The van der Waals surface area contributed by atoms with Crippen LogP contribution in [0.1, 0.15) is 6.92 Å². The molecule has 0 radical (unpaired) electrons. The van der Waals surface area contributed by atoms with Crippen molar-refractivity contribution >= 4 is 27.1 Å². The molecule has 7 nitrogen and oxygen atoms in total. The minimum absolute atomic E-state index is 0.000457. The molecule has 1 aliphatic rings. The highest BCUT2D eigenvalue weighted by molar-refractivity contribution is 7.91. The van der Waals surface area contributed by atoms with Crippen LogP contribution in [0.5, 0.6) is 0 Å². The van der Waals surface area contributed by atoms with Crippen molar-refractivity contribution in [3.63, 3.8) is 0 Å². The van der Waals surface area contributed by atoms with E-state index < -0.39 is 9.84 Å². The summed E-state index contributed by atoms with van der Waals surface area (Å²) in [6.07, 6.45) is 3.50. The van der Waals surface area contributed by atoms with Crippen molar-refractivity contribution in [1.82, 2.24) is 9.78 Å². The van der Waals surface area contributed by atoms with Crippen molar-refractivity contribution in [3.05, 3.63) is 36.7 Å². The molecule has 2 aromatic rings. The smallest absolute Gasteiger partial charge is 0.246 e. The number of carbonyl (C=O) groups excluding carboxylic acids is 1. The van der Waals surface area contributed by atoms with Gasteiger partial charge in [0, 0.05) is 32.0 Å². The number of hydrogen-bond acceptors (Lipinski definition) is 5. The van der Waals surface area contributed by atoms with Gasteiger partial charge in [0.2, 0.25) is 5.91 Å². The number of aromatic nitrogens is 2. The van der Waals surface area contributed by atoms with Crippen molar-refractivity contribution in [2.45, 2.75) is 11.8 Å². The Morgan fingerprint density at radius 3 is 2.38 bits per heavy atom. The lowest BCUT2D eigenvalue weighted by Crippen LogP contribution is -2.50. The molecule has 1 fully saturated rings. The summed E-state index contributed by atoms with van der Waals surface area (Å²) in [5.74, 6) is 0.0775. The summed E-state index contributed by atoms with van der Waals surface area (Å²) in [6, 6.07) is 6.73. The van der Waals surface area contributed by atoms with Gasteiger partial charge in [-0.25, -0.2) is 8.42 Å². The van der Waals surface area contributed by atoms with E-state index in [1.165, 1.54) is 0 Å². The Kier molecular flexibility index (Phi) is 4.31. The number of hydrogen-bond donors (Lipinski definition) is 0. The molecule has 0 spiro atoms. The molecule has 1 aromatic heterocycles. The van der Waals surface area contributed by atoms with E-state index in [9.17, 15) is 13.2 Å². The van der Waals surface area contributed by atoms with Crippen molar-refractivity contribution in [1.29, 1.82) is 0 Å². The first-order valence-corrected chi connectivity index (χ1v) is 9.43. The molecule has 0 N–H and O–H groups in total. The largest absolute Gasteiger partial charge is 0.360 e. The monoisotopic (exact) mass is 348 g/mol. The molecular formula is C16H20N4O3S. The molecule has 0 unspecified atom stereocenters. The standard InChI is InChI=1S/C16H20N4O3S/c1-3-24(22,23)15-6-4-13(5-7-15)19-8-9-20(16(21)12-19)14-10-17-18(2)11-14/h4-7,10-11H,3,8-9,12H2,1-2H3. The molecule has 2 heterocycles. The van der Waals surface area contributed by atoms with Gasteiger partial charge in [-0.1, -0.05) is 6.92 Å². The number of rotatable bonds is 4. The summed E-state index contributed by atoms with van der Waals surface area (Å²) in [4.78, 5) is 16.4. The van der Waals surface area contributed by atoms with Crippen LogP contribution in [-0.4, -0.2) is 49.5 Å². The average molecular weight is 348 g/mol. The number of amides is 1. The van der Waals surface area contributed by atoms with Crippen LogP contribution >= 0.6 is 0 Å². The second-order valence-corrected chi connectivity index (χ2v) is 8.01. The van der Waals surface area contributed by atoms with Gasteiger partial charge in [-0.05, 0) is 24.3 Å². The van der Waals surface area contributed by atoms with Crippen LogP contribution < -0.4 is 9.80 Å². The summed E-state index contributed by atoms with van der Waals surface area (Å²) >= 11 is 0. The molecule has 1 saturated heterocycles. The van der Waals surface area contributed by atoms with Crippen LogP contribution in [0.25, 0.3) is 0 Å². The van der Waals surface area contributed by atoms with Gasteiger partial charge in [0.15, 0.2) is 9.84 Å². The van der Waals surface area contributed by atoms with Crippen molar-refractivity contribution in [3.8, 4) is 0 Å². The van der Waals surface area contributed by atoms with Crippen LogP contribution in [-0.2, 0) is 21.7 Å². The number of nitrogens with zero attached hydrogens (tertiary/aromatic N) is 4. The first-order valence-electron chi connectivity index (χ1n) is 7.77. The van der Waals surface area contributed by atoms with Gasteiger partial charge in [0.05, 0.1) is 29.1 Å². The molecule has 1 aromatic carbocycles. The van der Waals surface area contributed by atoms with E-state index in [0.717, 1.165) is 11.4 Å². The third-order valence-corrected chi connectivity index (χ3v) is 5.92. The summed E-state index contributed by atoms with van der Waals surface area (Å²) in [7, 11) is -1.39. The SMILES string of the molecule is CCS(=O)(=O)c1ccc(N2CCN(c3cnn(C)c3)C(=O)C2)cc1. The van der Waals surface area contributed by atoms with Gasteiger partial charge in [-0.3, -0.25) is 9.48 Å². The normalized spacial score (nSPS) is 15.8. The fourth-order valence-electron chi connectivity index (χ4n) is 2.75. The first-order chi connectivity index (χ1) is 11.4. The van der Waals surface area contributed by atoms with Gasteiger partial charge in [-0.15, -0.1) is 0 Å². The van der Waals surface area contributed by atoms with E-state index in [0.29, 0.717) is 18.0 Å². The quantitative estimate of drug-likeness (QED) is 0.826. The molecule has 0 saturated carbocycles. The van der Waals surface area contributed by atoms with Crippen LogP contribution in [0.2, 0.25) is 0 Å².